The van der Waals surface area contributed by atoms with E-state index < -0.39 is 29.5 Å². The minimum absolute atomic E-state index is 0.0352. The Kier molecular flexibility index (Phi) is 5.52. The number of aliphatic carboxylic acids is 1. The van der Waals surface area contributed by atoms with Crippen LogP contribution in [0.25, 0.3) is 0 Å². The summed E-state index contributed by atoms with van der Waals surface area (Å²) in [7, 11) is 0. The zero-order valence-corrected chi connectivity index (χ0v) is 14.1. The third kappa shape index (κ3) is 4.57. The maximum Gasteiger partial charge on any atom is 0.408 e. The number of hydrogen-bond acceptors (Lipinski definition) is 5. The van der Waals surface area contributed by atoms with Gasteiger partial charge in [0.15, 0.2) is 5.79 Å². The van der Waals surface area contributed by atoms with Gasteiger partial charge in [-0.15, -0.1) is 0 Å². The zero-order chi connectivity index (χ0) is 17.1. The second-order valence-corrected chi connectivity index (χ2v) is 7.20. The van der Waals surface area contributed by atoms with Crippen LogP contribution in [0.15, 0.2) is 0 Å². The van der Waals surface area contributed by atoms with E-state index in [4.69, 9.17) is 14.2 Å². The van der Waals surface area contributed by atoms with Crippen molar-refractivity contribution in [1.29, 1.82) is 0 Å². The number of alkyl carbamates (subject to hydrolysis) is 1. The van der Waals surface area contributed by atoms with Crippen molar-refractivity contribution in [3.63, 3.8) is 0 Å². The molecule has 2 rings (SSSR count). The molecule has 23 heavy (non-hydrogen) atoms. The van der Waals surface area contributed by atoms with Gasteiger partial charge in [-0.25, -0.2) is 4.79 Å². The average Bonchev–Trinajstić information content (AvgIpc) is 2.42. The van der Waals surface area contributed by atoms with E-state index in [1.165, 1.54) is 0 Å². The Hall–Kier alpha value is -1.34. The highest BCUT2D eigenvalue weighted by Crippen LogP contribution is 2.42. The van der Waals surface area contributed by atoms with E-state index in [1.54, 1.807) is 20.8 Å². The Labute approximate surface area is 136 Å². The van der Waals surface area contributed by atoms with E-state index in [0.717, 1.165) is 12.8 Å². The number of nitrogens with one attached hydrogen (secondary N) is 1. The van der Waals surface area contributed by atoms with Gasteiger partial charge in [0.2, 0.25) is 0 Å². The van der Waals surface area contributed by atoms with Crippen molar-refractivity contribution in [3.05, 3.63) is 0 Å². The van der Waals surface area contributed by atoms with E-state index in [2.05, 4.69) is 5.32 Å². The molecule has 0 aromatic heterocycles. The van der Waals surface area contributed by atoms with E-state index in [0.29, 0.717) is 26.1 Å². The maximum atomic E-state index is 12.1. The number of carbonyl (C=O) groups excluding carboxylic acids is 1. The lowest BCUT2D eigenvalue weighted by atomic mass is 9.77. The fourth-order valence-corrected chi connectivity index (χ4v) is 3.33. The molecule has 2 atom stereocenters. The van der Waals surface area contributed by atoms with Crippen LogP contribution in [-0.2, 0) is 19.0 Å². The molecule has 2 fully saturated rings. The molecule has 7 heteroatoms. The Bertz CT molecular complexity index is 438. The molecule has 7 nitrogen and oxygen atoms in total. The number of carbonyl (C=O) groups is 2. The molecule has 1 aliphatic heterocycles. The van der Waals surface area contributed by atoms with Crippen molar-refractivity contribution in [2.24, 2.45) is 5.92 Å². The van der Waals surface area contributed by atoms with Crippen LogP contribution in [0.3, 0.4) is 0 Å². The lowest BCUT2D eigenvalue weighted by molar-refractivity contribution is -0.316. The molecular formula is C16H27NO6. The van der Waals surface area contributed by atoms with Crippen LogP contribution in [0.5, 0.6) is 0 Å². The van der Waals surface area contributed by atoms with Crippen LogP contribution in [-0.4, -0.2) is 47.8 Å². The molecule has 1 saturated carbocycles. The van der Waals surface area contributed by atoms with Crippen LogP contribution >= 0.6 is 0 Å². The van der Waals surface area contributed by atoms with E-state index in [9.17, 15) is 14.7 Å². The lowest BCUT2D eigenvalue weighted by Gasteiger charge is -2.50. The van der Waals surface area contributed by atoms with Crippen molar-refractivity contribution in [2.45, 2.75) is 70.3 Å². The van der Waals surface area contributed by atoms with Crippen molar-refractivity contribution in [2.75, 3.05) is 13.2 Å². The summed E-state index contributed by atoms with van der Waals surface area (Å²) in [6.45, 7) is 6.39. The minimum atomic E-state index is -1.06. The summed E-state index contributed by atoms with van der Waals surface area (Å²) in [5.41, 5.74) is -0.597. The Morgan fingerprint density at radius 3 is 2.43 bits per heavy atom. The van der Waals surface area contributed by atoms with Crippen LogP contribution in [0.2, 0.25) is 0 Å². The van der Waals surface area contributed by atoms with E-state index >= 15 is 0 Å². The van der Waals surface area contributed by atoms with Gasteiger partial charge in [-0.2, -0.15) is 0 Å². The third-order valence-electron chi connectivity index (χ3n) is 4.16. The molecule has 0 unspecified atom stereocenters. The molecule has 1 aliphatic carbocycles. The maximum absolute atomic E-state index is 12.1. The topological polar surface area (TPSA) is 94.1 Å². The average molecular weight is 329 g/mol. The summed E-state index contributed by atoms with van der Waals surface area (Å²) >= 11 is 0. The van der Waals surface area contributed by atoms with Crippen molar-refractivity contribution in [3.8, 4) is 0 Å². The molecule has 0 aromatic carbocycles. The molecule has 2 aliphatic rings. The quantitative estimate of drug-likeness (QED) is 0.825. The molecule has 132 valence electrons. The lowest BCUT2D eigenvalue weighted by Crippen LogP contribution is -2.64. The second kappa shape index (κ2) is 7.05. The van der Waals surface area contributed by atoms with Crippen molar-refractivity contribution >= 4 is 12.1 Å². The van der Waals surface area contributed by atoms with E-state index in [1.807, 2.05) is 0 Å². The Balaban J connectivity index is 2.14. The van der Waals surface area contributed by atoms with Gasteiger partial charge in [0, 0.05) is 5.92 Å². The van der Waals surface area contributed by atoms with Crippen LogP contribution in [0.1, 0.15) is 52.9 Å². The number of ether oxygens (including phenoxy) is 3. The fraction of sp³-hybridized carbons (Fsp3) is 0.875. The summed E-state index contributed by atoms with van der Waals surface area (Å²) in [5.74, 6) is -2.23. The second-order valence-electron chi connectivity index (χ2n) is 7.20. The standard InChI is InChI=1S/C16H27NO6/c1-15(2,3)23-14(20)17-12-7-4-6-11(10-13(18)19)16(12)21-8-5-9-22-16/h11-12H,4-10H2,1-3H3,(H,17,20)(H,18,19)/t11-,12-/m1/s1. The van der Waals surface area contributed by atoms with Gasteiger partial charge in [-0.05, 0) is 40.0 Å². The predicted octanol–water partition coefficient (Wildman–Crippen LogP) is 2.29. The first kappa shape index (κ1) is 18.0. The van der Waals surface area contributed by atoms with Crippen LogP contribution in [0.4, 0.5) is 4.79 Å². The van der Waals surface area contributed by atoms with Gasteiger partial charge in [-0.1, -0.05) is 6.42 Å². The summed E-state index contributed by atoms with van der Waals surface area (Å²) in [4.78, 5) is 23.3. The minimum Gasteiger partial charge on any atom is -0.481 e. The van der Waals surface area contributed by atoms with Crippen molar-refractivity contribution < 1.29 is 28.9 Å². The van der Waals surface area contributed by atoms with Gasteiger partial charge in [0.05, 0.1) is 25.7 Å². The van der Waals surface area contributed by atoms with Crippen LogP contribution in [0, 0.1) is 5.92 Å². The van der Waals surface area contributed by atoms with Gasteiger partial charge < -0.3 is 24.6 Å². The first-order chi connectivity index (χ1) is 10.7. The molecule has 0 bridgehead atoms. The van der Waals surface area contributed by atoms with Crippen molar-refractivity contribution in [1.82, 2.24) is 5.32 Å². The Morgan fingerprint density at radius 2 is 1.87 bits per heavy atom. The SMILES string of the molecule is CC(C)(C)OC(=O)N[C@@H]1CCC[C@H](CC(=O)O)C12OCCCO2. The highest BCUT2D eigenvalue weighted by molar-refractivity contribution is 5.69. The molecule has 1 saturated heterocycles. The molecule has 1 spiro atoms. The van der Waals surface area contributed by atoms with Gasteiger partial charge in [0.25, 0.3) is 0 Å². The number of rotatable bonds is 3. The zero-order valence-electron chi connectivity index (χ0n) is 14.1. The smallest absolute Gasteiger partial charge is 0.408 e. The first-order valence-corrected chi connectivity index (χ1v) is 8.22. The molecule has 2 N–H and O–H groups in total. The van der Waals surface area contributed by atoms with Gasteiger partial charge in [-0.3, -0.25) is 4.79 Å². The molecule has 1 heterocycles. The number of carboxylic acid groups (broad SMARTS) is 1. The predicted molar refractivity (Wildman–Crippen MR) is 82.0 cm³/mol. The normalized spacial score (nSPS) is 27.4. The third-order valence-corrected chi connectivity index (χ3v) is 4.16. The number of carboxylic acids is 1. The highest BCUT2D eigenvalue weighted by atomic mass is 16.7. The highest BCUT2D eigenvalue weighted by Gasteiger charge is 2.52. The first-order valence-electron chi connectivity index (χ1n) is 8.22. The van der Waals surface area contributed by atoms with Gasteiger partial charge >= 0.3 is 12.1 Å². The largest absolute Gasteiger partial charge is 0.481 e. The summed E-state index contributed by atoms with van der Waals surface area (Å²) in [6.07, 6.45) is 2.39. The Morgan fingerprint density at radius 1 is 1.22 bits per heavy atom. The summed E-state index contributed by atoms with van der Waals surface area (Å²) < 4.78 is 17.1. The van der Waals surface area contributed by atoms with Gasteiger partial charge in [0.1, 0.15) is 5.60 Å². The molecule has 1 amide bonds. The van der Waals surface area contributed by atoms with Crippen LogP contribution < -0.4 is 5.32 Å². The monoisotopic (exact) mass is 329 g/mol. The molecule has 0 radical (unpaired) electrons. The van der Waals surface area contributed by atoms with E-state index in [-0.39, 0.29) is 12.3 Å². The summed E-state index contributed by atoms with van der Waals surface area (Å²) in [6, 6.07) is -0.407. The molecular weight excluding hydrogens is 302 g/mol. The summed E-state index contributed by atoms with van der Waals surface area (Å²) in [5, 5.41) is 12.0. The fourth-order valence-electron chi connectivity index (χ4n) is 3.33. The number of hydrogen-bond donors (Lipinski definition) is 2. The molecule has 0 aromatic rings. The number of amides is 1.